The van der Waals surface area contributed by atoms with Crippen LogP contribution in [0.25, 0.3) is 0 Å². The lowest BCUT2D eigenvalue weighted by molar-refractivity contribution is -0.136. The van der Waals surface area contributed by atoms with Gasteiger partial charge in [0.1, 0.15) is 12.4 Å². The van der Waals surface area contributed by atoms with Crippen molar-refractivity contribution < 1.29 is 14.3 Å². The molecule has 0 fully saturated rings. The van der Waals surface area contributed by atoms with Gasteiger partial charge in [-0.15, -0.1) is 0 Å². The number of nitrogens with zero attached hydrogens (tertiary/aromatic N) is 1. The van der Waals surface area contributed by atoms with Crippen LogP contribution in [0.1, 0.15) is 5.56 Å². The molecular weight excluding hydrogens is 457 g/mol. The van der Waals surface area contributed by atoms with Crippen molar-refractivity contribution >= 4 is 62.8 Å². The summed E-state index contributed by atoms with van der Waals surface area (Å²) in [7, 11) is 0. The van der Waals surface area contributed by atoms with Gasteiger partial charge >= 0.3 is 11.8 Å². The Kier molecular flexibility index (Phi) is 7.84. The van der Waals surface area contributed by atoms with Gasteiger partial charge in [-0.3, -0.25) is 9.59 Å². The zero-order chi connectivity index (χ0) is 19.8. The van der Waals surface area contributed by atoms with E-state index >= 15 is 0 Å². The number of carbonyl (C=O) groups excluding carboxylic acids is 2. The number of hydrogen-bond donors (Lipinski definition) is 2. The number of halogens is 3. The number of nitrogens with one attached hydrogen (secondary N) is 2. The zero-order valence-corrected chi connectivity index (χ0v) is 16.9. The van der Waals surface area contributed by atoms with Crippen molar-refractivity contribution in [2.45, 2.75) is 0 Å². The average molecular weight is 471 g/mol. The lowest BCUT2D eigenvalue weighted by atomic mass is 10.2. The van der Waals surface area contributed by atoms with Gasteiger partial charge in [0.2, 0.25) is 0 Å². The van der Waals surface area contributed by atoms with Crippen molar-refractivity contribution in [3.05, 3.63) is 69.1 Å². The minimum Gasteiger partial charge on any atom is -0.489 e. The first-order chi connectivity index (χ1) is 12.9. The summed E-state index contributed by atoms with van der Waals surface area (Å²) in [5.74, 6) is -1.29. The molecule has 9 heteroatoms. The molecule has 27 heavy (non-hydrogen) atoms. The highest BCUT2D eigenvalue weighted by Crippen LogP contribution is 2.25. The summed E-state index contributed by atoms with van der Waals surface area (Å²) < 4.78 is 6.30. The van der Waals surface area contributed by atoms with Crippen LogP contribution in [0.5, 0.6) is 5.75 Å². The van der Waals surface area contributed by atoms with E-state index in [1.165, 1.54) is 24.4 Å². The highest BCUT2D eigenvalue weighted by atomic mass is 79.9. The van der Waals surface area contributed by atoms with E-state index in [1.807, 2.05) is 0 Å². The van der Waals surface area contributed by atoms with E-state index in [1.54, 1.807) is 24.3 Å². The molecule has 2 aromatic rings. The Bertz CT molecular complexity index is 903. The van der Waals surface area contributed by atoms with Gasteiger partial charge in [0, 0.05) is 15.7 Å². The fourth-order valence-corrected chi connectivity index (χ4v) is 2.55. The molecule has 6 nitrogen and oxygen atoms in total. The minimum absolute atomic E-state index is 0.259. The third-order valence-corrected chi connectivity index (χ3v) is 4.31. The Morgan fingerprint density at radius 1 is 1.15 bits per heavy atom. The van der Waals surface area contributed by atoms with Gasteiger partial charge in [-0.25, -0.2) is 5.43 Å². The van der Waals surface area contributed by atoms with Gasteiger partial charge in [0.15, 0.2) is 0 Å². The first-order valence-electron chi connectivity index (χ1n) is 7.53. The van der Waals surface area contributed by atoms with E-state index in [4.69, 9.17) is 27.9 Å². The van der Waals surface area contributed by atoms with Crippen molar-refractivity contribution in [3.8, 4) is 5.75 Å². The molecule has 0 saturated carbocycles. The molecule has 0 bridgehead atoms. The van der Waals surface area contributed by atoms with Gasteiger partial charge in [0.05, 0.1) is 16.3 Å². The molecule has 0 atom stereocenters. The Labute approximate surface area is 174 Å². The van der Waals surface area contributed by atoms with E-state index in [9.17, 15) is 9.59 Å². The van der Waals surface area contributed by atoms with Gasteiger partial charge in [-0.05, 0) is 36.4 Å². The monoisotopic (exact) mass is 469 g/mol. The minimum atomic E-state index is -0.944. The SMILES string of the molecule is C=CCOc1ccc(Br)cc1C=NNC(=O)C(=O)Nc1ccc(Cl)c(Cl)c1. The van der Waals surface area contributed by atoms with Crippen LogP contribution in [-0.4, -0.2) is 24.6 Å². The van der Waals surface area contributed by atoms with E-state index < -0.39 is 11.8 Å². The van der Waals surface area contributed by atoms with Gasteiger partial charge in [-0.1, -0.05) is 51.8 Å². The number of benzene rings is 2. The Morgan fingerprint density at radius 3 is 2.63 bits per heavy atom. The van der Waals surface area contributed by atoms with Crippen molar-refractivity contribution in [1.29, 1.82) is 0 Å². The average Bonchev–Trinajstić information content (AvgIpc) is 2.64. The number of carbonyl (C=O) groups is 2. The Morgan fingerprint density at radius 2 is 1.93 bits per heavy atom. The van der Waals surface area contributed by atoms with Crippen LogP contribution in [0, 0.1) is 0 Å². The largest absolute Gasteiger partial charge is 0.489 e. The Hall–Kier alpha value is -2.35. The first-order valence-corrected chi connectivity index (χ1v) is 9.08. The molecule has 140 valence electrons. The molecule has 2 aromatic carbocycles. The molecule has 0 spiro atoms. The zero-order valence-electron chi connectivity index (χ0n) is 13.8. The maximum atomic E-state index is 11.9. The molecule has 0 saturated heterocycles. The lowest BCUT2D eigenvalue weighted by Crippen LogP contribution is -2.32. The van der Waals surface area contributed by atoms with Gasteiger partial charge < -0.3 is 10.1 Å². The normalized spacial score (nSPS) is 10.5. The van der Waals surface area contributed by atoms with E-state index in [0.717, 1.165) is 4.47 Å². The molecule has 2 amide bonds. The number of ether oxygens (including phenoxy) is 1. The number of rotatable bonds is 6. The molecule has 2 N–H and O–H groups in total. The fourth-order valence-electron chi connectivity index (χ4n) is 1.87. The second-order valence-corrected chi connectivity index (χ2v) is 6.79. The van der Waals surface area contributed by atoms with E-state index in [0.29, 0.717) is 28.6 Å². The molecule has 0 unspecified atom stereocenters. The van der Waals surface area contributed by atoms with E-state index in [2.05, 4.69) is 38.4 Å². The molecule has 2 rings (SSSR count). The quantitative estimate of drug-likeness (QED) is 0.284. The summed E-state index contributed by atoms with van der Waals surface area (Å²) in [4.78, 5) is 23.8. The third kappa shape index (κ3) is 6.39. The van der Waals surface area contributed by atoms with Crippen molar-refractivity contribution in [3.63, 3.8) is 0 Å². The summed E-state index contributed by atoms with van der Waals surface area (Å²) >= 11 is 15.0. The van der Waals surface area contributed by atoms with Crippen molar-refractivity contribution in [2.75, 3.05) is 11.9 Å². The molecule has 0 aromatic heterocycles. The molecule has 0 radical (unpaired) electrons. The topological polar surface area (TPSA) is 79.8 Å². The molecule has 0 aliphatic carbocycles. The maximum Gasteiger partial charge on any atom is 0.329 e. The molecule has 0 aliphatic heterocycles. The van der Waals surface area contributed by atoms with Crippen LogP contribution in [-0.2, 0) is 9.59 Å². The summed E-state index contributed by atoms with van der Waals surface area (Å²) in [6.07, 6.45) is 2.98. The summed E-state index contributed by atoms with van der Waals surface area (Å²) in [5.41, 5.74) is 3.09. The summed E-state index contributed by atoms with van der Waals surface area (Å²) in [6.45, 7) is 3.91. The number of anilines is 1. The standard InChI is InChI=1S/C18H14BrCl2N3O3/c1-2-7-27-16-6-3-12(19)8-11(16)10-22-24-18(26)17(25)23-13-4-5-14(20)15(21)9-13/h2-6,8-10H,1,7H2,(H,23,25)(H,24,26). The number of hydrazone groups is 1. The number of hydrogen-bond acceptors (Lipinski definition) is 4. The predicted molar refractivity (Wildman–Crippen MR) is 111 cm³/mol. The highest BCUT2D eigenvalue weighted by Gasteiger charge is 2.13. The molecule has 0 aliphatic rings. The number of amides is 2. The first kappa shape index (κ1) is 21.0. The van der Waals surface area contributed by atoms with E-state index in [-0.39, 0.29) is 5.02 Å². The van der Waals surface area contributed by atoms with Crippen molar-refractivity contribution in [1.82, 2.24) is 5.43 Å². The molecule has 0 heterocycles. The van der Waals surface area contributed by atoms with Crippen LogP contribution in [0.4, 0.5) is 5.69 Å². The smallest absolute Gasteiger partial charge is 0.329 e. The van der Waals surface area contributed by atoms with Crippen LogP contribution in [0.2, 0.25) is 10.0 Å². The Balaban J connectivity index is 1.99. The van der Waals surface area contributed by atoms with Gasteiger partial charge in [-0.2, -0.15) is 5.10 Å². The van der Waals surface area contributed by atoms with Crippen LogP contribution >= 0.6 is 39.1 Å². The second kappa shape index (κ2) is 10.1. The molecular formula is C18H14BrCl2N3O3. The van der Waals surface area contributed by atoms with Crippen molar-refractivity contribution in [2.24, 2.45) is 5.10 Å². The van der Waals surface area contributed by atoms with Crippen LogP contribution in [0.15, 0.2) is 58.6 Å². The highest BCUT2D eigenvalue weighted by molar-refractivity contribution is 9.10. The van der Waals surface area contributed by atoms with Crippen LogP contribution in [0.3, 0.4) is 0 Å². The third-order valence-electron chi connectivity index (χ3n) is 3.08. The maximum absolute atomic E-state index is 11.9. The van der Waals surface area contributed by atoms with Crippen LogP contribution < -0.4 is 15.5 Å². The second-order valence-electron chi connectivity index (χ2n) is 5.06. The summed E-state index contributed by atoms with van der Waals surface area (Å²) in [5, 5.41) is 6.78. The fraction of sp³-hybridized carbons (Fsp3) is 0.0556. The summed E-state index contributed by atoms with van der Waals surface area (Å²) in [6, 6.07) is 9.76. The predicted octanol–water partition coefficient (Wildman–Crippen LogP) is 4.41. The lowest BCUT2D eigenvalue weighted by Gasteiger charge is -2.07. The van der Waals surface area contributed by atoms with Gasteiger partial charge in [0.25, 0.3) is 0 Å².